The zero-order valence-corrected chi connectivity index (χ0v) is 14.3. The molecular weight excluding hydrogens is 379 g/mol. The Balaban J connectivity index is 1.97. The van der Waals surface area contributed by atoms with Crippen LogP contribution in [0.2, 0.25) is 0 Å². The molecule has 1 amide bonds. The van der Waals surface area contributed by atoms with Gasteiger partial charge in [0.15, 0.2) is 0 Å². The second-order valence-electron chi connectivity index (χ2n) is 4.79. The molecule has 0 radical (unpaired) electrons. The molecule has 2 heterocycles. The maximum absolute atomic E-state index is 13.2. The van der Waals surface area contributed by atoms with E-state index in [0.29, 0.717) is 17.1 Å². The van der Waals surface area contributed by atoms with Gasteiger partial charge in [-0.3, -0.25) is 9.78 Å². The zero-order chi connectivity index (χ0) is 16.2. The van der Waals surface area contributed by atoms with Crippen molar-refractivity contribution in [3.05, 3.63) is 81.0 Å². The third kappa shape index (κ3) is 3.65. The first kappa shape index (κ1) is 15.8. The van der Waals surface area contributed by atoms with Crippen LogP contribution in [0.3, 0.4) is 0 Å². The summed E-state index contributed by atoms with van der Waals surface area (Å²) < 4.78 is 13.9. The van der Waals surface area contributed by atoms with E-state index in [1.807, 2.05) is 29.6 Å². The van der Waals surface area contributed by atoms with Crippen LogP contribution in [0.25, 0.3) is 0 Å². The van der Waals surface area contributed by atoms with Gasteiger partial charge < -0.3 is 4.90 Å². The van der Waals surface area contributed by atoms with Gasteiger partial charge in [-0.2, -0.15) is 0 Å². The molecule has 0 spiro atoms. The van der Waals surface area contributed by atoms with E-state index in [9.17, 15) is 9.18 Å². The Bertz CT molecular complexity index is 805. The molecule has 3 rings (SSSR count). The van der Waals surface area contributed by atoms with E-state index in [2.05, 4.69) is 20.9 Å². The van der Waals surface area contributed by atoms with Gasteiger partial charge >= 0.3 is 0 Å². The molecule has 0 aliphatic carbocycles. The number of rotatable bonds is 4. The lowest BCUT2D eigenvalue weighted by atomic mass is 10.2. The summed E-state index contributed by atoms with van der Waals surface area (Å²) in [5.41, 5.74) is 1.39. The van der Waals surface area contributed by atoms with Gasteiger partial charge in [-0.05, 0) is 63.8 Å². The highest BCUT2D eigenvalue weighted by Gasteiger charge is 2.22. The second-order valence-corrected chi connectivity index (χ2v) is 6.56. The molecule has 0 N–H and O–H groups in total. The molecule has 23 heavy (non-hydrogen) atoms. The minimum Gasteiger partial charge on any atom is -0.302 e. The normalized spacial score (nSPS) is 10.5. The number of benzene rings is 1. The van der Waals surface area contributed by atoms with Crippen LogP contribution in [-0.4, -0.2) is 10.9 Å². The van der Waals surface area contributed by atoms with Gasteiger partial charge in [-0.15, -0.1) is 11.3 Å². The number of thiophene rings is 1. The van der Waals surface area contributed by atoms with Crippen molar-refractivity contribution in [1.82, 2.24) is 4.98 Å². The number of anilines is 1. The number of carbonyl (C=O) groups excluding carboxylic acids is 1. The van der Waals surface area contributed by atoms with Crippen molar-refractivity contribution < 1.29 is 9.18 Å². The molecule has 0 atom stereocenters. The molecule has 0 saturated heterocycles. The molecule has 6 heteroatoms. The Morgan fingerprint density at radius 3 is 2.57 bits per heavy atom. The molecular formula is C17H12BrFN2OS. The number of hydrogen-bond donors (Lipinski definition) is 0. The molecule has 0 bridgehead atoms. The Morgan fingerprint density at radius 1 is 1.17 bits per heavy atom. The Hall–Kier alpha value is -2.05. The number of aromatic nitrogens is 1. The number of hydrogen-bond acceptors (Lipinski definition) is 3. The van der Waals surface area contributed by atoms with Crippen molar-refractivity contribution in [3.63, 3.8) is 0 Å². The van der Waals surface area contributed by atoms with E-state index in [1.54, 1.807) is 23.2 Å². The molecule has 116 valence electrons. The van der Waals surface area contributed by atoms with Crippen molar-refractivity contribution in [1.29, 1.82) is 0 Å². The van der Waals surface area contributed by atoms with Crippen LogP contribution in [0.15, 0.2) is 64.6 Å². The molecule has 1 aromatic carbocycles. The number of halogens is 2. The van der Waals surface area contributed by atoms with Gasteiger partial charge in [-0.1, -0.05) is 6.07 Å². The summed E-state index contributed by atoms with van der Waals surface area (Å²) in [5, 5.41) is 1.85. The van der Waals surface area contributed by atoms with Crippen molar-refractivity contribution in [2.75, 3.05) is 4.90 Å². The van der Waals surface area contributed by atoms with Crippen LogP contribution < -0.4 is 4.90 Å². The van der Waals surface area contributed by atoms with E-state index in [-0.39, 0.29) is 11.7 Å². The smallest absolute Gasteiger partial charge is 0.269 e. The maximum Gasteiger partial charge on any atom is 0.269 e. The number of nitrogens with zero attached hydrogens (tertiary/aromatic N) is 2. The number of amides is 1. The summed E-state index contributed by atoms with van der Waals surface area (Å²) in [5.74, 6) is -0.486. The highest BCUT2D eigenvalue weighted by Crippen LogP contribution is 2.27. The minimum atomic E-state index is -0.337. The van der Waals surface area contributed by atoms with Crippen LogP contribution >= 0.6 is 27.3 Å². The summed E-state index contributed by atoms with van der Waals surface area (Å²) in [6.07, 6.45) is 1.68. The molecule has 0 aliphatic rings. The SMILES string of the molecule is O=C(c1sccc1Br)N(Cc1ccccn1)c1ccc(F)cc1. The van der Waals surface area contributed by atoms with Gasteiger partial charge in [0.2, 0.25) is 0 Å². The first-order chi connectivity index (χ1) is 11.1. The van der Waals surface area contributed by atoms with Crippen LogP contribution in [-0.2, 0) is 6.54 Å². The van der Waals surface area contributed by atoms with Crippen LogP contribution in [0, 0.1) is 5.82 Å². The topological polar surface area (TPSA) is 33.2 Å². The lowest BCUT2D eigenvalue weighted by Gasteiger charge is -2.22. The van der Waals surface area contributed by atoms with E-state index in [0.717, 1.165) is 10.2 Å². The summed E-state index contributed by atoms with van der Waals surface area (Å²) in [4.78, 5) is 19.4. The van der Waals surface area contributed by atoms with Gasteiger partial charge in [0.25, 0.3) is 5.91 Å². The van der Waals surface area contributed by atoms with Gasteiger partial charge in [0.05, 0.1) is 12.2 Å². The van der Waals surface area contributed by atoms with E-state index in [1.165, 1.54) is 23.5 Å². The first-order valence-corrected chi connectivity index (χ1v) is 8.53. The molecule has 2 aromatic heterocycles. The third-order valence-electron chi connectivity index (χ3n) is 3.24. The Labute approximate surface area is 145 Å². The third-order valence-corrected chi connectivity index (χ3v) is 5.07. The lowest BCUT2D eigenvalue weighted by molar-refractivity contribution is 0.0988. The fourth-order valence-electron chi connectivity index (χ4n) is 2.12. The molecule has 0 aliphatic heterocycles. The average Bonchev–Trinajstić information content (AvgIpc) is 3.00. The second kappa shape index (κ2) is 7.02. The van der Waals surface area contributed by atoms with E-state index < -0.39 is 0 Å². The fourth-order valence-corrected chi connectivity index (χ4v) is 3.61. The monoisotopic (exact) mass is 390 g/mol. The molecule has 0 unspecified atom stereocenters. The summed E-state index contributed by atoms with van der Waals surface area (Å²) in [6.45, 7) is 0.315. The van der Waals surface area contributed by atoms with Crippen molar-refractivity contribution in [3.8, 4) is 0 Å². The molecule has 3 nitrogen and oxygen atoms in total. The van der Waals surface area contributed by atoms with Crippen molar-refractivity contribution in [2.24, 2.45) is 0 Å². The Morgan fingerprint density at radius 2 is 1.96 bits per heavy atom. The molecule has 3 aromatic rings. The fraction of sp³-hybridized carbons (Fsp3) is 0.0588. The van der Waals surface area contributed by atoms with Crippen molar-refractivity contribution in [2.45, 2.75) is 6.54 Å². The van der Waals surface area contributed by atoms with Gasteiger partial charge in [0, 0.05) is 16.4 Å². The summed E-state index contributed by atoms with van der Waals surface area (Å²) in [6, 6.07) is 13.3. The van der Waals surface area contributed by atoms with Gasteiger partial charge in [0.1, 0.15) is 10.7 Å². The molecule has 0 saturated carbocycles. The number of pyridine rings is 1. The highest BCUT2D eigenvalue weighted by atomic mass is 79.9. The van der Waals surface area contributed by atoms with Crippen LogP contribution in [0.4, 0.5) is 10.1 Å². The lowest BCUT2D eigenvalue weighted by Crippen LogP contribution is -2.30. The minimum absolute atomic E-state index is 0.149. The zero-order valence-electron chi connectivity index (χ0n) is 11.9. The van der Waals surface area contributed by atoms with Crippen molar-refractivity contribution >= 4 is 38.9 Å². The quantitative estimate of drug-likeness (QED) is 0.635. The predicted molar refractivity (Wildman–Crippen MR) is 93.2 cm³/mol. The first-order valence-electron chi connectivity index (χ1n) is 6.85. The van der Waals surface area contributed by atoms with Gasteiger partial charge in [-0.25, -0.2) is 4.39 Å². The summed E-state index contributed by atoms with van der Waals surface area (Å²) >= 11 is 4.75. The largest absolute Gasteiger partial charge is 0.302 e. The average molecular weight is 391 g/mol. The van der Waals surface area contributed by atoms with E-state index >= 15 is 0 Å². The number of carbonyl (C=O) groups is 1. The maximum atomic E-state index is 13.2. The summed E-state index contributed by atoms with van der Waals surface area (Å²) in [7, 11) is 0. The Kier molecular flexibility index (Phi) is 4.83. The van der Waals surface area contributed by atoms with Crippen LogP contribution in [0.1, 0.15) is 15.4 Å². The van der Waals surface area contributed by atoms with E-state index in [4.69, 9.17) is 0 Å². The highest BCUT2D eigenvalue weighted by molar-refractivity contribution is 9.10. The standard InChI is InChI=1S/C17H12BrFN2OS/c18-15-8-10-23-16(15)17(22)21(11-13-3-1-2-9-20-13)14-6-4-12(19)5-7-14/h1-10H,11H2. The molecule has 0 fully saturated rings. The predicted octanol–water partition coefficient (Wildman–Crippen LogP) is 4.89. The van der Waals surface area contributed by atoms with Crippen LogP contribution in [0.5, 0.6) is 0 Å².